The van der Waals surface area contributed by atoms with Crippen LogP contribution < -0.4 is 0 Å². The second kappa shape index (κ2) is 6.02. The van der Waals surface area contributed by atoms with Crippen molar-refractivity contribution in [1.82, 2.24) is 4.31 Å². The van der Waals surface area contributed by atoms with Crippen molar-refractivity contribution in [2.75, 3.05) is 7.05 Å². The average molecular weight is 379 g/mol. The number of nitro benzene ring substituents is 1. The lowest BCUT2D eigenvalue weighted by Gasteiger charge is -2.34. The van der Waals surface area contributed by atoms with Crippen molar-refractivity contribution in [3.63, 3.8) is 0 Å². The Morgan fingerprint density at radius 2 is 1.86 bits per heavy atom. The van der Waals surface area contributed by atoms with Crippen molar-refractivity contribution < 1.29 is 13.3 Å². The van der Waals surface area contributed by atoms with Crippen LogP contribution in [0.4, 0.5) is 5.69 Å². The van der Waals surface area contributed by atoms with Crippen molar-refractivity contribution in [1.29, 1.82) is 0 Å². The molecule has 1 aromatic carbocycles. The van der Waals surface area contributed by atoms with Gasteiger partial charge >= 0.3 is 0 Å². The second-order valence-electron chi connectivity index (χ2n) is 5.93. The molecule has 0 aliphatic carbocycles. The minimum absolute atomic E-state index is 0.289. The number of nitro groups is 1. The summed E-state index contributed by atoms with van der Waals surface area (Å²) in [5, 5.41) is 11.1. The summed E-state index contributed by atoms with van der Waals surface area (Å²) in [5.74, 6) is 0. The highest BCUT2D eigenvalue weighted by atomic mass is 79.9. The molecule has 0 aliphatic rings. The molecule has 0 heterocycles. The van der Waals surface area contributed by atoms with E-state index in [2.05, 4.69) is 15.9 Å². The number of benzene rings is 1. The fraction of sp³-hybridized carbons (Fsp3) is 0.538. The van der Waals surface area contributed by atoms with Crippen LogP contribution in [0, 0.1) is 15.5 Å². The number of hydrogen-bond donors (Lipinski definition) is 0. The van der Waals surface area contributed by atoms with Gasteiger partial charge in [-0.3, -0.25) is 10.1 Å². The van der Waals surface area contributed by atoms with Gasteiger partial charge in [0.05, 0.1) is 4.92 Å². The average Bonchev–Trinajstić information content (AvgIpc) is 2.35. The number of nitrogens with zero attached hydrogens (tertiary/aromatic N) is 2. The smallest absolute Gasteiger partial charge is 0.258 e. The molecular weight excluding hydrogens is 360 g/mol. The summed E-state index contributed by atoms with van der Waals surface area (Å²) in [7, 11) is -2.52. The van der Waals surface area contributed by atoms with Crippen molar-refractivity contribution in [2.45, 2.75) is 38.6 Å². The van der Waals surface area contributed by atoms with Gasteiger partial charge in [-0.2, -0.15) is 4.31 Å². The fourth-order valence-corrected chi connectivity index (χ4v) is 3.99. The van der Waals surface area contributed by atoms with Gasteiger partial charge in [0.25, 0.3) is 5.69 Å². The number of halogens is 1. The van der Waals surface area contributed by atoms with Gasteiger partial charge in [-0.05, 0) is 24.5 Å². The first kappa shape index (κ1) is 18.1. The molecule has 118 valence electrons. The fourth-order valence-electron chi connectivity index (χ4n) is 1.75. The highest BCUT2D eigenvalue weighted by molar-refractivity contribution is 9.10. The lowest BCUT2D eigenvalue weighted by atomic mass is 9.88. The predicted molar refractivity (Wildman–Crippen MR) is 84.7 cm³/mol. The molecule has 0 bridgehead atoms. The molecule has 1 atom stereocenters. The van der Waals surface area contributed by atoms with E-state index in [1.807, 2.05) is 20.8 Å². The third kappa shape index (κ3) is 3.81. The molecule has 1 rings (SSSR count). The molecule has 0 saturated carbocycles. The van der Waals surface area contributed by atoms with E-state index in [1.165, 1.54) is 29.6 Å². The molecule has 6 nitrogen and oxygen atoms in total. The van der Waals surface area contributed by atoms with E-state index in [0.29, 0.717) is 4.47 Å². The highest BCUT2D eigenvalue weighted by Gasteiger charge is 2.36. The second-order valence-corrected chi connectivity index (χ2v) is 8.81. The van der Waals surface area contributed by atoms with Crippen LogP contribution in [0.15, 0.2) is 27.6 Å². The highest BCUT2D eigenvalue weighted by Crippen LogP contribution is 2.33. The molecule has 0 N–H and O–H groups in total. The van der Waals surface area contributed by atoms with Gasteiger partial charge in [-0.15, -0.1) is 0 Å². The molecular formula is C13H19BrN2O4S. The van der Waals surface area contributed by atoms with Crippen molar-refractivity contribution >= 4 is 31.6 Å². The summed E-state index contributed by atoms with van der Waals surface area (Å²) >= 11 is 3.16. The first-order valence-corrected chi connectivity index (χ1v) is 8.54. The maximum absolute atomic E-state index is 12.7. The van der Waals surface area contributed by atoms with Crippen molar-refractivity contribution in [2.24, 2.45) is 5.41 Å². The van der Waals surface area contributed by atoms with Crippen LogP contribution in [-0.2, 0) is 10.0 Å². The maximum atomic E-state index is 12.7. The lowest BCUT2D eigenvalue weighted by molar-refractivity contribution is -0.387. The van der Waals surface area contributed by atoms with Crippen molar-refractivity contribution in [3.05, 3.63) is 32.8 Å². The molecule has 1 aromatic rings. The standard InChI is InChI=1S/C13H19BrN2O4S/c1-9(13(2,3)4)15(5)21(19,20)12-8-10(14)6-7-11(12)16(17)18/h6-9H,1-5H3. The van der Waals surface area contributed by atoms with Gasteiger partial charge < -0.3 is 0 Å². The summed E-state index contributed by atoms with van der Waals surface area (Å²) < 4.78 is 27.1. The van der Waals surface area contributed by atoms with Crippen molar-refractivity contribution in [3.8, 4) is 0 Å². The van der Waals surface area contributed by atoms with Crippen LogP contribution in [0.5, 0.6) is 0 Å². The SMILES string of the molecule is CC(N(C)S(=O)(=O)c1cc(Br)ccc1[N+](=O)[O-])C(C)(C)C. The minimum atomic E-state index is -3.96. The largest absolute Gasteiger partial charge is 0.289 e. The van der Waals surface area contributed by atoms with E-state index in [4.69, 9.17) is 0 Å². The quantitative estimate of drug-likeness (QED) is 0.593. The van der Waals surface area contributed by atoms with Gasteiger partial charge in [0.2, 0.25) is 10.0 Å². The third-order valence-electron chi connectivity index (χ3n) is 3.57. The minimum Gasteiger partial charge on any atom is -0.258 e. The van der Waals surface area contributed by atoms with E-state index in [1.54, 1.807) is 6.92 Å². The third-order valence-corrected chi connectivity index (χ3v) is 6.02. The van der Waals surface area contributed by atoms with E-state index in [9.17, 15) is 18.5 Å². The summed E-state index contributed by atoms with van der Waals surface area (Å²) in [6.45, 7) is 7.53. The zero-order valence-corrected chi connectivity index (χ0v) is 15.0. The maximum Gasteiger partial charge on any atom is 0.289 e. The Morgan fingerprint density at radius 3 is 2.29 bits per heavy atom. The monoisotopic (exact) mass is 378 g/mol. The first-order chi connectivity index (χ1) is 9.39. The summed E-state index contributed by atoms with van der Waals surface area (Å²) in [4.78, 5) is 10.1. The van der Waals surface area contributed by atoms with Crippen LogP contribution in [0.1, 0.15) is 27.7 Å². The normalized spacial score (nSPS) is 14.2. The molecule has 0 aromatic heterocycles. The number of hydrogen-bond acceptors (Lipinski definition) is 4. The summed E-state index contributed by atoms with van der Waals surface area (Å²) in [6, 6.07) is 3.58. The van der Waals surface area contributed by atoms with Crippen LogP contribution in [0.2, 0.25) is 0 Å². The summed E-state index contributed by atoms with van der Waals surface area (Å²) in [6.07, 6.45) is 0. The molecule has 8 heteroatoms. The molecule has 0 saturated heterocycles. The predicted octanol–water partition coefficient (Wildman–Crippen LogP) is 3.41. The number of sulfonamides is 1. The van der Waals surface area contributed by atoms with Gasteiger partial charge in [-0.25, -0.2) is 8.42 Å². The Bertz CT molecular complexity index is 653. The zero-order valence-electron chi connectivity index (χ0n) is 12.6. The van der Waals surface area contributed by atoms with Crippen LogP contribution in [0.25, 0.3) is 0 Å². The Labute approximate surface area is 133 Å². The number of rotatable bonds is 4. The van der Waals surface area contributed by atoms with Crippen LogP contribution in [0.3, 0.4) is 0 Å². The molecule has 0 radical (unpaired) electrons. The molecule has 0 aliphatic heterocycles. The topological polar surface area (TPSA) is 80.5 Å². The molecule has 0 spiro atoms. The first-order valence-electron chi connectivity index (χ1n) is 6.31. The van der Waals surface area contributed by atoms with E-state index >= 15 is 0 Å². The Kier molecular flexibility index (Phi) is 5.18. The molecule has 0 fully saturated rings. The van der Waals surface area contributed by atoms with Crippen LogP contribution >= 0.6 is 15.9 Å². The van der Waals surface area contributed by atoms with E-state index in [0.717, 1.165) is 0 Å². The Hall–Kier alpha value is -0.990. The molecule has 0 amide bonds. The van der Waals surface area contributed by atoms with Gasteiger partial charge in [0, 0.05) is 23.6 Å². The van der Waals surface area contributed by atoms with Gasteiger partial charge in [-0.1, -0.05) is 36.7 Å². The Balaban J connectivity index is 3.44. The van der Waals surface area contributed by atoms with Gasteiger partial charge in [0.1, 0.15) is 0 Å². The molecule has 1 unspecified atom stereocenters. The Morgan fingerprint density at radius 1 is 1.33 bits per heavy atom. The van der Waals surface area contributed by atoms with Gasteiger partial charge in [0.15, 0.2) is 4.90 Å². The van der Waals surface area contributed by atoms with Crippen LogP contribution in [-0.4, -0.2) is 30.7 Å². The molecule has 21 heavy (non-hydrogen) atoms. The summed E-state index contributed by atoms with van der Waals surface area (Å²) in [5.41, 5.74) is -0.714. The van der Waals surface area contributed by atoms with E-state index < -0.39 is 20.6 Å². The van der Waals surface area contributed by atoms with E-state index in [-0.39, 0.29) is 16.4 Å². The lowest BCUT2D eigenvalue weighted by Crippen LogP contribution is -2.43. The zero-order chi connectivity index (χ0) is 16.6.